The van der Waals surface area contributed by atoms with Gasteiger partial charge in [-0.3, -0.25) is 9.59 Å². The number of carbonyl (C=O) groups excluding carboxylic acids is 4. The normalized spacial score (nSPS) is 23.5. The minimum Gasteiger partial charge on any atom is -1.00 e. The molecule has 8 aliphatic carbocycles. The predicted octanol–water partition coefficient (Wildman–Crippen LogP) is 9.98. The van der Waals surface area contributed by atoms with Crippen LogP contribution in [0, 0.1) is 34.5 Å². The third-order valence-electron chi connectivity index (χ3n) is 19.2. The van der Waals surface area contributed by atoms with E-state index in [1.165, 1.54) is 43.2 Å². The number of rotatable bonds is 26. The number of esters is 4. The van der Waals surface area contributed by atoms with E-state index in [-0.39, 0.29) is 169 Å². The van der Waals surface area contributed by atoms with Crippen LogP contribution in [-0.4, -0.2) is 122 Å². The van der Waals surface area contributed by atoms with E-state index in [2.05, 4.69) is 191 Å². The molecular weight excluding hydrogens is 1600 g/mol. The van der Waals surface area contributed by atoms with Crippen LogP contribution in [0.4, 0.5) is 52.7 Å². The quantitative estimate of drug-likeness (QED) is 0.0123. The SMILES string of the molecule is CCOC(=O)C(F)(F)OC12CC3CC(C1)CC(C(=O)OCCC(F)(F)C(F)(F)S(=O)(=O)[O-])(C3)C2.CCOC(=O)C(F)(F)OC12CC3CC(C1)CC(C(=O)OCCC(F)(F)C(F)(F)S(=O)(=O)[O-])(C3)C2.[Br-].[Na+].c1ccc([S+](c2ccccc2)c2ccccc2)cc1.c1ccc([S+](c2ccccc2)c2ccccc2)cc1. The largest absolute Gasteiger partial charge is 1.00 e. The molecule has 8 saturated carbocycles. The number of hydrogen-bond donors (Lipinski definition) is 0. The van der Waals surface area contributed by atoms with Crippen molar-refractivity contribution >= 4 is 65.9 Å². The van der Waals surface area contributed by atoms with Gasteiger partial charge in [-0.05, 0) is 187 Å². The molecule has 0 N–H and O–H groups in total. The first-order valence-corrected chi connectivity index (χ1v) is 39.0. The van der Waals surface area contributed by atoms with E-state index < -0.39 is 127 Å². The van der Waals surface area contributed by atoms with Crippen molar-refractivity contribution in [2.75, 3.05) is 26.4 Å². The Labute approximate surface area is 655 Å². The molecule has 4 atom stereocenters. The molecule has 8 fully saturated rings. The summed E-state index contributed by atoms with van der Waals surface area (Å²) in [5.41, 5.74) is -5.99. The second kappa shape index (κ2) is 36.0. The van der Waals surface area contributed by atoms with Crippen LogP contribution in [0.15, 0.2) is 211 Å². The van der Waals surface area contributed by atoms with Gasteiger partial charge in [0, 0.05) is 0 Å². The molecule has 584 valence electrons. The van der Waals surface area contributed by atoms with Crippen molar-refractivity contribution in [3.8, 4) is 0 Å². The Hall–Kier alpha value is -5.72. The van der Waals surface area contributed by atoms with Crippen LogP contribution in [0.5, 0.6) is 0 Å². The minimum absolute atomic E-state index is 0. The van der Waals surface area contributed by atoms with Crippen LogP contribution in [0.1, 0.15) is 104 Å². The minimum atomic E-state index is -6.68. The molecule has 0 heterocycles. The van der Waals surface area contributed by atoms with Gasteiger partial charge in [-0.2, -0.15) is 52.7 Å². The molecule has 14 rings (SSSR count). The van der Waals surface area contributed by atoms with Gasteiger partial charge < -0.3 is 54.5 Å². The summed E-state index contributed by atoms with van der Waals surface area (Å²) < 4.78 is 256. The van der Waals surface area contributed by atoms with E-state index in [4.69, 9.17) is 18.9 Å². The molecule has 34 heteroatoms. The molecule has 0 saturated heterocycles. The predicted molar refractivity (Wildman–Crippen MR) is 358 cm³/mol. The zero-order valence-electron chi connectivity index (χ0n) is 58.4. The Morgan fingerprint density at radius 2 is 0.620 bits per heavy atom. The Bertz CT molecular complexity index is 3730. The summed E-state index contributed by atoms with van der Waals surface area (Å²) in [7, 11) is -13.4. The van der Waals surface area contributed by atoms with Gasteiger partial charge in [0.25, 0.3) is 0 Å². The average molecular weight is 1680 g/mol. The molecule has 0 radical (unpaired) electrons. The van der Waals surface area contributed by atoms with Crippen LogP contribution in [0.2, 0.25) is 0 Å². The van der Waals surface area contributed by atoms with Gasteiger partial charge in [-0.1, -0.05) is 109 Å². The van der Waals surface area contributed by atoms with E-state index in [9.17, 15) is 97.8 Å². The maximum Gasteiger partial charge on any atom is 1.00 e. The average Bonchev–Trinajstić information content (AvgIpc) is 0.717. The number of carbonyl (C=O) groups is 4. The zero-order valence-corrected chi connectivity index (χ0v) is 65.3. The molecule has 6 aromatic carbocycles. The van der Waals surface area contributed by atoms with Crippen molar-refractivity contribution in [2.24, 2.45) is 34.5 Å². The maximum atomic E-state index is 14.3. The number of hydrogen-bond acceptors (Lipinski definition) is 16. The Morgan fingerprint density at radius 1 is 0.398 bits per heavy atom. The Balaban J connectivity index is 0.000000206. The smallest absolute Gasteiger partial charge is 1.00 e. The first-order valence-electron chi connectivity index (χ1n) is 33.7. The maximum absolute atomic E-state index is 14.3. The number of halogens is 13. The summed E-state index contributed by atoms with van der Waals surface area (Å²) in [6.45, 7) is -0.639. The van der Waals surface area contributed by atoms with Gasteiger partial charge in [0.05, 0.1) is 83.1 Å². The standard InChI is InChI=1S/2C19H24F6O8S.2C18H15S.BrH.Na/c2*1-2-31-14(27)18(22,23)33-16-8-11-5-12(9-16)7-15(6-11,10-16)13(26)32-4-3-17(20,21)19(24,25)34(28,29)30;2*1-4-10-16(11-5-1)19(17-12-6-2-7-13-17)18-14-8-3-9-15-18;;/h2*11-12H,2-10H2,1H3,(H,28,29,30);2*1-15H;1H;/q;;2*+1;;+1/p-3. The van der Waals surface area contributed by atoms with Crippen molar-refractivity contribution in [3.05, 3.63) is 182 Å². The van der Waals surface area contributed by atoms with Crippen molar-refractivity contribution < 1.29 is 173 Å². The van der Waals surface area contributed by atoms with Gasteiger partial charge in [0.1, 0.15) is 0 Å². The topological polar surface area (TPSA) is 238 Å². The van der Waals surface area contributed by atoms with Gasteiger partial charge in [0.15, 0.2) is 49.6 Å². The Kier molecular flexibility index (Phi) is 29.8. The van der Waals surface area contributed by atoms with Crippen molar-refractivity contribution in [3.63, 3.8) is 0 Å². The molecule has 108 heavy (non-hydrogen) atoms. The number of alkyl halides is 12. The van der Waals surface area contributed by atoms with E-state index in [0.717, 1.165) is 0 Å². The summed E-state index contributed by atoms with van der Waals surface area (Å²) in [6, 6.07) is 64.3. The van der Waals surface area contributed by atoms with Gasteiger partial charge in [0.2, 0.25) is 0 Å². The summed E-state index contributed by atoms with van der Waals surface area (Å²) in [5.74, 6) is -17.6. The van der Waals surface area contributed by atoms with Gasteiger partial charge in [-0.25, -0.2) is 26.4 Å². The van der Waals surface area contributed by atoms with Crippen molar-refractivity contribution in [1.82, 2.24) is 0 Å². The molecule has 8 aliphatic rings. The molecule has 6 aromatic rings. The van der Waals surface area contributed by atoms with Crippen molar-refractivity contribution in [1.29, 1.82) is 0 Å². The first kappa shape index (κ1) is 89.5. The van der Waals surface area contributed by atoms with Gasteiger partial charge in [-0.15, -0.1) is 0 Å². The molecular formula is C74H76BrF12NaO16S4. The van der Waals surface area contributed by atoms with Crippen molar-refractivity contribution in [2.45, 2.75) is 179 Å². The van der Waals surface area contributed by atoms with E-state index >= 15 is 0 Å². The monoisotopic (exact) mass is 1680 g/mol. The molecule has 0 spiro atoms. The second-order valence-electron chi connectivity index (χ2n) is 27.1. The van der Waals surface area contributed by atoms with Crippen LogP contribution < -0.4 is 46.5 Å². The third kappa shape index (κ3) is 20.7. The van der Waals surface area contributed by atoms with Crippen LogP contribution in [0.25, 0.3) is 0 Å². The fourth-order valence-electron chi connectivity index (χ4n) is 15.8. The molecule has 16 nitrogen and oxygen atoms in total. The fraction of sp³-hybridized carbons (Fsp3) is 0.459. The van der Waals surface area contributed by atoms with Crippen LogP contribution >= 0.6 is 0 Å². The molecule has 0 aliphatic heterocycles. The molecule has 0 aromatic heterocycles. The van der Waals surface area contributed by atoms with Gasteiger partial charge >= 0.3 is 88.0 Å². The number of ether oxygens (including phenoxy) is 6. The van der Waals surface area contributed by atoms with E-state index in [1.54, 1.807) is 0 Å². The summed E-state index contributed by atoms with van der Waals surface area (Å²) >= 11 is 0. The van der Waals surface area contributed by atoms with E-state index in [1.807, 2.05) is 0 Å². The fourth-order valence-corrected chi connectivity index (χ4v) is 20.9. The Morgan fingerprint density at radius 3 is 0.824 bits per heavy atom. The summed E-state index contributed by atoms with van der Waals surface area (Å²) in [5, 5.41) is -11.8. The molecule has 8 bridgehead atoms. The summed E-state index contributed by atoms with van der Waals surface area (Å²) in [4.78, 5) is 57.0. The van der Waals surface area contributed by atoms with E-state index in [0.29, 0.717) is 12.8 Å². The summed E-state index contributed by atoms with van der Waals surface area (Å²) in [6.07, 6.45) is -10.7. The molecule has 4 unspecified atom stereocenters. The first-order chi connectivity index (χ1) is 49.7. The third-order valence-corrected chi connectivity index (χ3v) is 25.6. The molecule has 0 amide bonds. The zero-order chi connectivity index (χ0) is 77.4. The second-order valence-corrected chi connectivity index (χ2v) is 34.0. The van der Waals surface area contributed by atoms with Crippen LogP contribution in [-0.2, 0) is 89.6 Å². The van der Waals surface area contributed by atoms with Crippen LogP contribution in [0.3, 0.4) is 0 Å². The number of benzene rings is 6.